The van der Waals surface area contributed by atoms with Gasteiger partial charge in [0.25, 0.3) is 0 Å². The van der Waals surface area contributed by atoms with Gasteiger partial charge >= 0.3 is 0 Å². The van der Waals surface area contributed by atoms with Gasteiger partial charge in [0.15, 0.2) is 0 Å². The third-order valence-corrected chi connectivity index (χ3v) is 4.35. The Balaban J connectivity index is 1.51. The van der Waals surface area contributed by atoms with Crippen molar-refractivity contribution in [3.8, 4) is 5.75 Å². The summed E-state index contributed by atoms with van der Waals surface area (Å²) in [6, 6.07) is 22.9. The summed E-state index contributed by atoms with van der Waals surface area (Å²) in [5.74, 6) is 0.936. The molecule has 0 aliphatic carbocycles. The molecule has 0 fully saturated rings. The highest BCUT2D eigenvalue weighted by atomic mass is 32.1. The first-order valence-corrected chi connectivity index (χ1v) is 8.38. The zero-order valence-corrected chi connectivity index (χ0v) is 13.3. The average molecular weight is 310 g/mol. The van der Waals surface area contributed by atoms with Crippen molar-refractivity contribution in [1.29, 1.82) is 0 Å². The number of hydrogen-bond donors (Lipinski definition) is 1. The predicted molar refractivity (Wildman–Crippen MR) is 90.9 cm³/mol. The normalized spacial score (nSPS) is 10.5. The van der Waals surface area contributed by atoms with Gasteiger partial charge in [0.2, 0.25) is 0 Å². The van der Waals surface area contributed by atoms with E-state index in [4.69, 9.17) is 4.74 Å². The minimum absolute atomic E-state index is 0.614. The molecule has 3 rings (SSSR count). The van der Waals surface area contributed by atoms with Crippen LogP contribution >= 0.6 is 11.3 Å². The van der Waals surface area contributed by atoms with E-state index in [-0.39, 0.29) is 0 Å². The van der Waals surface area contributed by atoms with Crippen molar-refractivity contribution in [2.75, 3.05) is 0 Å². The van der Waals surface area contributed by atoms with Crippen LogP contribution in [0.2, 0.25) is 0 Å². The number of quaternary nitrogens is 1. The van der Waals surface area contributed by atoms with Crippen LogP contribution in [0.4, 0.5) is 0 Å². The van der Waals surface area contributed by atoms with Crippen molar-refractivity contribution in [1.82, 2.24) is 0 Å². The maximum atomic E-state index is 5.87. The SMILES string of the molecule is c1ccc(COc2cccc(C[NH2+]Cc3cccs3)c2)cc1. The fourth-order valence-corrected chi connectivity index (χ4v) is 3.02. The summed E-state index contributed by atoms with van der Waals surface area (Å²) >= 11 is 1.81. The molecule has 0 saturated heterocycles. The molecule has 0 amide bonds. The van der Waals surface area contributed by atoms with Crippen molar-refractivity contribution in [2.24, 2.45) is 0 Å². The molecule has 2 aromatic carbocycles. The fourth-order valence-electron chi connectivity index (χ4n) is 2.31. The van der Waals surface area contributed by atoms with Gasteiger partial charge in [-0.3, -0.25) is 0 Å². The first-order chi connectivity index (χ1) is 10.9. The molecule has 1 heterocycles. The lowest BCUT2D eigenvalue weighted by molar-refractivity contribution is -0.685. The second-order valence-electron chi connectivity index (χ2n) is 5.20. The molecule has 112 valence electrons. The highest BCUT2D eigenvalue weighted by Gasteiger charge is 2.01. The van der Waals surface area contributed by atoms with Crippen molar-refractivity contribution in [3.05, 3.63) is 88.1 Å². The Morgan fingerprint density at radius 2 is 1.68 bits per heavy atom. The smallest absolute Gasteiger partial charge is 0.120 e. The first kappa shape index (κ1) is 14.8. The van der Waals surface area contributed by atoms with E-state index in [1.807, 2.05) is 35.6 Å². The van der Waals surface area contributed by atoms with E-state index in [1.165, 1.54) is 16.0 Å². The summed E-state index contributed by atoms with van der Waals surface area (Å²) in [7, 11) is 0. The highest BCUT2D eigenvalue weighted by Crippen LogP contribution is 2.14. The monoisotopic (exact) mass is 310 g/mol. The van der Waals surface area contributed by atoms with Crippen LogP contribution in [-0.2, 0) is 19.7 Å². The van der Waals surface area contributed by atoms with E-state index in [2.05, 4.69) is 53.2 Å². The first-order valence-electron chi connectivity index (χ1n) is 7.50. The maximum absolute atomic E-state index is 5.87. The highest BCUT2D eigenvalue weighted by molar-refractivity contribution is 7.09. The summed E-state index contributed by atoms with van der Waals surface area (Å²) in [6.07, 6.45) is 0. The molecule has 3 aromatic rings. The summed E-state index contributed by atoms with van der Waals surface area (Å²) < 4.78 is 5.87. The van der Waals surface area contributed by atoms with Crippen LogP contribution in [0.15, 0.2) is 72.1 Å². The number of hydrogen-bond acceptors (Lipinski definition) is 2. The van der Waals surface area contributed by atoms with E-state index in [1.54, 1.807) is 0 Å². The lowest BCUT2D eigenvalue weighted by atomic mass is 10.2. The maximum Gasteiger partial charge on any atom is 0.120 e. The van der Waals surface area contributed by atoms with Crippen molar-refractivity contribution >= 4 is 11.3 Å². The molecule has 0 radical (unpaired) electrons. The topological polar surface area (TPSA) is 25.8 Å². The summed E-state index contributed by atoms with van der Waals surface area (Å²) in [5, 5.41) is 4.45. The van der Waals surface area contributed by atoms with Crippen LogP contribution in [0, 0.1) is 0 Å². The lowest BCUT2D eigenvalue weighted by Gasteiger charge is -2.08. The van der Waals surface area contributed by atoms with Crippen LogP contribution in [0.25, 0.3) is 0 Å². The standard InChI is InChI=1S/C19H19NOS/c1-2-6-16(7-3-1)15-21-18-9-4-8-17(12-18)13-20-14-19-10-5-11-22-19/h1-12,20H,13-15H2/p+1. The summed E-state index contributed by atoms with van der Waals surface area (Å²) in [5.41, 5.74) is 2.49. The molecule has 0 spiro atoms. The van der Waals surface area contributed by atoms with Crippen molar-refractivity contribution in [3.63, 3.8) is 0 Å². The molecule has 0 atom stereocenters. The lowest BCUT2D eigenvalue weighted by Crippen LogP contribution is -2.80. The number of nitrogens with two attached hydrogens (primary N) is 1. The zero-order valence-electron chi connectivity index (χ0n) is 12.4. The van der Waals surface area contributed by atoms with Crippen LogP contribution in [0.3, 0.4) is 0 Å². The van der Waals surface area contributed by atoms with Crippen LogP contribution in [-0.4, -0.2) is 0 Å². The Bertz CT molecular complexity index is 680. The average Bonchev–Trinajstić information content (AvgIpc) is 3.08. The van der Waals surface area contributed by atoms with E-state index in [0.29, 0.717) is 6.61 Å². The second-order valence-corrected chi connectivity index (χ2v) is 6.23. The second kappa shape index (κ2) is 7.78. The Kier molecular flexibility index (Phi) is 5.24. The van der Waals surface area contributed by atoms with Crippen molar-refractivity contribution in [2.45, 2.75) is 19.7 Å². The van der Waals surface area contributed by atoms with Gasteiger partial charge in [-0.15, -0.1) is 11.3 Å². The van der Waals surface area contributed by atoms with Gasteiger partial charge in [-0.2, -0.15) is 0 Å². The van der Waals surface area contributed by atoms with Crippen molar-refractivity contribution < 1.29 is 10.1 Å². The quantitative estimate of drug-likeness (QED) is 0.709. The molecule has 3 heteroatoms. The molecular weight excluding hydrogens is 290 g/mol. The molecule has 22 heavy (non-hydrogen) atoms. The molecular formula is C19H20NOS+. The number of benzene rings is 2. The zero-order chi connectivity index (χ0) is 15.0. The molecule has 2 N–H and O–H groups in total. The van der Waals surface area contributed by atoms with Gasteiger partial charge in [0.05, 0.1) is 4.88 Å². The number of rotatable bonds is 7. The minimum Gasteiger partial charge on any atom is -0.489 e. The molecule has 0 saturated carbocycles. The Morgan fingerprint density at radius 3 is 2.50 bits per heavy atom. The van der Waals surface area contributed by atoms with Gasteiger partial charge in [-0.25, -0.2) is 0 Å². The van der Waals surface area contributed by atoms with Gasteiger partial charge in [0, 0.05) is 5.56 Å². The van der Waals surface area contributed by atoms with Gasteiger partial charge in [0.1, 0.15) is 25.4 Å². The number of thiophene rings is 1. The molecule has 0 bridgehead atoms. The van der Waals surface area contributed by atoms with E-state index >= 15 is 0 Å². The van der Waals surface area contributed by atoms with E-state index < -0.39 is 0 Å². The molecule has 0 unspecified atom stereocenters. The Labute approximate surface area is 135 Å². The molecule has 1 aromatic heterocycles. The summed E-state index contributed by atoms with van der Waals surface area (Å²) in [4.78, 5) is 1.41. The van der Waals surface area contributed by atoms with Crippen LogP contribution in [0.1, 0.15) is 16.0 Å². The largest absolute Gasteiger partial charge is 0.489 e. The van der Waals surface area contributed by atoms with Gasteiger partial charge in [-0.05, 0) is 29.1 Å². The van der Waals surface area contributed by atoms with Crippen LogP contribution < -0.4 is 10.1 Å². The predicted octanol–water partition coefficient (Wildman–Crippen LogP) is 3.59. The molecule has 0 aliphatic heterocycles. The molecule has 2 nitrogen and oxygen atoms in total. The van der Waals surface area contributed by atoms with E-state index in [9.17, 15) is 0 Å². The third-order valence-electron chi connectivity index (χ3n) is 3.45. The Morgan fingerprint density at radius 1 is 0.818 bits per heavy atom. The number of ether oxygens (including phenoxy) is 1. The van der Waals surface area contributed by atoms with E-state index in [0.717, 1.165) is 18.8 Å². The Hall–Kier alpha value is -2.10. The summed E-state index contributed by atoms with van der Waals surface area (Å²) in [6.45, 7) is 2.62. The minimum atomic E-state index is 0.614. The molecule has 0 aliphatic rings. The fraction of sp³-hybridized carbons (Fsp3) is 0.158. The van der Waals surface area contributed by atoms with Gasteiger partial charge in [-0.1, -0.05) is 48.5 Å². The van der Waals surface area contributed by atoms with Gasteiger partial charge < -0.3 is 10.1 Å². The van der Waals surface area contributed by atoms with Crippen LogP contribution in [0.5, 0.6) is 5.75 Å². The third kappa shape index (κ3) is 4.45.